The van der Waals surface area contributed by atoms with Gasteiger partial charge in [0.15, 0.2) is 0 Å². The van der Waals surface area contributed by atoms with Crippen molar-refractivity contribution in [2.45, 2.75) is 78.7 Å². The Bertz CT molecular complexity index is 834. The smallest absolute Gasteiger partial charge is 0.338 e. The van der Waals surface area contributed by atoms with Gasteiger partial charge < -0.3 is 15.4 Å². The fraction of sp³-hybridized carbons (Fsp3) is 0.560. The molecule has 0 aliphatic carbocycles. The molecule has 2 rings (SSSR count). The number of rotatable bonds is 12. The van der Waals surface area contributed by atoms with Gasteiger partial charge in [0.25, 0.3) is 0 Å². The van der Waals surface area contributed by atoms with Gasteiger partial charge >= 0.3 is 12.0 Å². The molecule has 1 heterocycles. The Morgan fingerprint density at radius 3 is 2.53 bits per heavy atom. The van der Waals surface area contributed by atoms with E-state index in [2.05, 4.69) is 17.6 Å². The van der Waals surface area contributed by atoms with Crippen molar-refractivity contribution in [3.63, 3.8) is 0 Å². The van der Waals surface area contributed by atoms with Crippen molar-refractivity contribution >= 4 is 23.6 Å². The molecule has 0 radical (unpaired) electrons. The number of urea groups is 1. The lowest BCUT2D eigenvalue weighted by atomic mass is 9.94. The first kappa shape index (κ1) is 25.4. The Morgan fingerprint density at radius 1 is 1.09 bits per heavy atom. The fourth-order valence-corrected chi connectivity index (χ4v) is 3.91. The van der Waals surface area contributed by atoms with Gasteiger partial charge in [0, 0.05) is 24.4 Å². The number of nitrogens with zero attached hydrogens (tertiary/aromatic N) is 1. The monoisotopic (exact) mass is 443 g/mol. The van der Waals surface area contributed by atoms with Crippen LogP contribution in [0.1, 0.15) is 84.2 Å². The molecule has 1 aromatic carbocycles. The summed E-state index contributed by atoms with van der Waals surface area (Å²) in [6, 6.07) is 6.39. The van der Waals surface area contributed by atoms with Crippen LogP contribution in [0.4, 0.5) is 10.5 Å². The second-order valence-corrected chi connectivity index (χ2v) is 8.09. The number of benzene rings is 1. The zero-order valence-corrected chi connectivity index (χ0v) is 19.8. The van der Waals surface area contributed by atoms with Crippen molar-refractivity contribution in [3.05, 3.63) is 41.1 Å². The maximum Gasteiger partial charge on any atom is 0.338 e. The predicted octanol–water partition coefficient (Wildman–Crippen LogP) is 5.30. The minimum absolute atomic E-state index is 0.0298. The van der Waals surface area contributed by atoms with Crippen LogP contribution < -0.4 is 10.6 Å². The molecule has 176 valence electrons. The van der Waals surface area contributed by atoms with E-state index < -0.39 is 12.0 Å². The van der Waals surface area contributed by atoms with Crippen LogP contribution >= 0.6 is 0 Å². The number of anilines is 1. The molecule has 0 spiro atoms. The van der Waals surface area contributed by atoms with Gasteiger partial charge in [-0.1, -0.05) is 51.7 Å². The number of unbranched alkanes of at least 4 members (excludes halogenated alkanes) is 4. The highest BCUT2D eigenvalue weighted by Gasteiger charge is 2.36. The number of ether oxygens (including phenoxy) is 1. The van der Waals surface area contributed by atoms with E-state index >= 15 is 0 Å². The van der Waals surface area contributed by atoms with Gasteiger partial charge in [-0.3, -0.25) is 9.69 Å². The van der Waals surface area contributed by atoms with Crippen LogP contribution in [0, 0.1) is 0 Å². The van der Waals surface area contributed by atoms with Gasteiger partial charge in [-0.05, 0) is 44.4 Å². The summed E-state index contributed by atoms with van der Waals surface area (Å²) in [5.74, 6) is -0.476. The number of allylic oxidation sites excluding steroid dienone is 1. The lowest BCUT2D eigenvalue weighted by Crippen LogP contribution is -2.48. The molecule has 1 aromatic rings. The molecular formula is C25H37N3O4. The number of nitrogens with one attached hydrogen (secondary N) is 2. The van der Waals surface area contributed by atoms with Crippen LogP contribution in [0.5, 0.6) is 0 Å². The van der Waals surface area contributed by atoms with Crippen LogP contribution in [0.3, 0.4) is 0 Å². The zero-order chi connectivity index (χ0) is 23.5. The molecule has 0 saturated carbocycles. The average Bonchev–Trinajstić information content (AvgIpc) is 2.76. The molecule has 2 N–H and O–H groups in total. The van der Waals surface area contributed by atoms with E-state index in [1.165, 1.54) is 12.8 Å². The van der Waals surface area contributed by atoms with E-state index in [9.17, 15) is 14.4 Å². The summed E-state index contributed by atoms with van der Waals surface area (Å²) >= 11 is 0. The minimum Gasteiger partial charge on any atom is -0.463 e. The Labute approximate surface area is 191 Å². The van der Waals surface area contributed by atoms with E-state index in [1.54, 1.807) is 18.7 Å². The van der Waals surface area contributed by atoms with Crippen molar-refractivity contribution in [2.24, 2.45) is 0 Å². The van der Waals surface area contributed by atoms with Crippen LogP contribution in [-0.4, -0.2) is 36.0 Å². The summed E-state index contributed by atoms with van der Waals surface area (Å²) in [5.41, 5.74) is 2.38. The molecule has 0 bridgehead atoms. The van der Waals surface area contributed by atoms with Crippen molar-refractivity contribution in [1.82, 2.24) is 10.2 Å². The third-order valence-electron chi connectivity index (χ3n) is 5.55. The Balaban J connectivity index is 2.20. The van der Waals surface area contributed by atoms with Gasteiger partial charge in [0.1, 0.15) is 0 Å². The molecular weight excluding hydrogens is 406 g/mol. The third kappa shape index (κ3) is 6.84. The topological polar surface area (TPSA) is 87.7 Å². The number of esters is 1. The van der Waals surface area contributed by atoms with Gasteiger partial charge in [-0.15, -0.1) is 0 Å². The average molecular weight is 444 g/mol. The summed E-state index contributed by atoms with van der Waals surface area (Å²) in [5, 5.41) is 5.88. The number of hydrogen-bond acceptors (Lipinski definition) is 4. The number of carbonyl (C=O) groups is 3. The maximum atomic E-state index is 12.8. The zero-order valence-electron chi connectivity index (χ0n) is 19.8. The van der Waals surface area contributed by atoms with Gasteiger partial charge in [-0.25, -0.2) is 9.59 Å². The second kappa shape index (κ2) is 12.9. The van der Waals surface area contributed by atoms with E-state index in [0.717, 1.165) is 31.2 Å². The summed E-state index contributed by atoms with van der Waals surface area (Å²) in [4.78, 5) is 39.4. The van der Waals surface area contributed by atoms with Crippen LogP contribution in [-0.2, 0) is 14.3 Å². The first-order valence-electron chi connectivity index (χ1n) is 11.8. The quantitative estimate of drug-likeness (QED) is 0.339. The normalized spacial score (nSPS) is 16.1. The molecule has 0 fully saturated rings. The Hall–Kier alpha value is -2.83. The SMILES string of the molecule is CCCCCCCC(=O)Nc1cccc(C2NC(=O)N(CCC)C(C)=C2C(=O)OCC)c1. The molecule has 32 heavy (non-hydrogen) atoms. The van der Waals surface area contributed by atoms with Crippen molar-refractivity contribution in [1.29, 1.82) is 0 Å². The second-order valence-electron chi connectivity index (χ2n) is 8.09. The first-order chi connectivity index (χ1) is 15.4. The van der Waals surface area contributed by atoms with Crippen molar-refractivity contribution in [2.75, 3.05) is 18.5 Å². The largest absolute Gasteiger partial charge is 0.463 e. The van der Waals surface area contributed by atoms with Crippen LogP contribution in [0.25, 0.3) is 0 Å². The Kier molecular flexibility index (Phi) is 10.2. The molecule has 0 aromatic heterocycles. The van der Waals surface area contributed by atoms with Gasteiger partial charge in [0.05, 0.1) is 18.2 Å². The molecule has 3 amide bonds. The fourth-order valence-electron chi connectivity index (χ4n) is 3.91. The molecule has 7 nitrogen and oxygen atoms in total. The van der Waals surface area contributed by atoms with Gasteiger partial charge in [-0.2, -0.15) is 0 Å². The predicted molar refractivity (Wildman–Crippen MR) is 126 cm³/mol. The summed E-state index contributed by atoms with van der Waals surface area (Å²) in [7, 11) is 0. The molecule has 0 saturated heterocycles. The van der Waals surface area contributed by atoms with E-state index in [0.29, 0.717) is 29.9 Å². The maximum absolute atomic E-state index is 12.8. The number of hydrogen-bond donors (Lipinski definition) is 2. The third-order valence-corrected chi connectivity index (χ3v) is 5.55. The number of carbonyl (C=O) groups excluding carboxylic acids is 3. The van der Waals surface area contributed by atoms with Crippen LogP contribution in [0.2, 0.25) is 0 Å². The Morgan fingerprint density at radius 2 is 1.84 bits per heavy atom. The lowest BCUT2D eigenvalue weighted by Gasteiger charge is -2.35. The van der Waals surface area contributed by atoms with E-state index in [-0.39, 0.29) is 18.5 Å². The molecule has 7 heteroatoms. The van der Waals surface area contributed by atoms with Crippen molar-refractivity contribution in [3.8, 4) is 0 Å². The van der Waals surface area contributed by atoms with E-state index in [4.69, 9.17) is 4.74 Å². The minimum atomic E-state index is -0.638. The van der Waals surface area contributed by atoms with Crippen molar-refractivity contribution < 1.29 is 19.1 Å². The highest BCUT2D eigenvalue weighted by molar-refractivity contribution is 5.95. The summed E-state index contributed by atoms with van der Waals surface area (Å²) in [6.07, 6.45) is 6.69. The summed E-state index contributed by atoms with van der Waals surface area (Å²) < 4.78 is 5.29. The molecule has 1 aliphatic rings. The molecule has 1 aliphatic heterocycles. The number of amides is 3. The van der Waals surface area contributed by atoms with Gasteiger partial charge in [0.2, 0.25) is 5.91 Å². The lowest BCUT2D eigenvalue weighted by molar-refractivity contribution is -0.139. The highest BCUT2D eigenvalue weighted by atomic mass is 16.5. The summed E-state index contributed by atoms with van der Waals surface area (Å²) in [6.45, 7) is 8.44. The van der Waals surface area contributed by atoms with Crippen LogP contribution in [0.15, 0.2) is 35.5 Å². The standard InChI is InChI=1S/C25H37N3O4/c1-5-8-9-10-11-15-21(29)26-20-14-12-13-19(17-20)23-22(24(30)32-7-3)18(4)28(16-6-2)25(31)27-23/h12-14,17,23H,5-11,15-16H2,1-4H3,(H,26,29)(H,27,31). The van der Waals surface area contributed by atoms with E-state index in [1.807, 2.05) is 31.2 Å². The first-order valence-corrected chi connectivity index (χ1v) is 11.8. The molecule has 1 unspecified atom stereocenters. The molecule has 1 atom stereocenters. The highest BCUT2D eigenvalue weighted by Crippen LogP contribution is 2.32.